The number of carboxylic acids is 1. The smallest absolute Gasteiger partial charge is 0.408 e. The van der Waals surface area contributed by atoms with Crippen LogP contribution in [0.5, 0.6) is 0 Å². The van der Waals surface area contributed by atoms with Crippen molar-refractivity contribution in [2.24, 2.45) is 11.8 Å². The van der Waals surface area contributed by atoms with Crippen molar-refractivity contribution >= 4 is 18.0 Å². The Morgan fingerprint density at radius 2 is 2.09 bits per heavy atom. The number of nitrogens with one attached hydrogen (secondary N) is 1. The summed E-state index contributed by atoms with van der Waals surface area (Å²) in [4.78, 5) is 36.0. The summed E-state index contributed by atoms with van der Waals surface area (Å²) < 4.78 is 26.2. The Morgan fingerprint density at radius 1 is 1.43 bits per heavy atom. The van der Waals surface area contributed by atoms with Gasteiger partial charge in [0.25, 0.3) is 0 Å². The van der Waals surface area contributed by atoms with Crippen molar-refractivity contribution in [2.45, 2.75) is 51.7 Å². The molecule has 0 aromatic heterocycles. The van der Waals surface area contributed by atoms with E-state index in [-0.39, 0.29) is 12.5 Å². The van der Waals surface area contributed by atoms with E-state index in [1.165, 1.54) is 6.08 Å². The van der Waals surface area contributed by atoms with Crippen LogP contribution >= 0.6 is 0 Å². The summed E-state index contributed by atoms with van der Waals surface area (Å²) in [5.41, 5.74) is -0.854. The average molecular weight is 329 g/mol. The standard InChI is InChI=1S/C16H25NO6/c1-16(2,3)23-15(21)17-12(14(20)22-4)11(13(18)19)10-8-6-5-7-9-10/h6,8,10-12H,5,7,9H2,1-4H3,(H,17,21)(H,18,19)/t10-,11+,12+/m1/s1/i8D,10D. The molecule has 0 fully saturated rings. The molecule has 23 heavy (non-hydrogen) atoms. The summed E-state index contributed by atoms with van der Waals surface area (Å²) in [6.07, 6.45) is 1.63. The third kappa shape index (κ3) is 5.92. The summed E-state index contributed by atoms with van der Waals surface area (Å²) in [5, 5.41) is 11.8. The maximum atomic E-state index is 12.1. The van der Waals surface area contributed by atoms with Crippen molar-refractivity contribution in [3.05, 3.63) is 12.1 Å². The summed E-state index contributed by atoms with van der Waals surface area (Å²) >= 11 is 0. The third-order valence-electron chi connectivity index (χ3n) is 3.18. The Hall–Kier alpha value is -2.05. The van der Waals surface area contributed by atoms with E-state index in [0.29, 0.717) is 12.8 Å². The number of aliphatic carboxylic acids is 1. The highest BCUT2D eigenvalue weighted by atomic mass is 16.6. The molecule has 0 unspecified atom stereocenters. The Bertz CT molecular complexity index is 571. The van der Waals surface area contributed by atoms with Crippen LogP contribution in [0.3, 0.4) is 0 Å². The van der Waals surface area contributed by atoms with Gasteiger partial charge in [-0.15, -0.1) is 0 Å². The first kappa shape index (κ1) is 15.8. The van der Waals surface area contributed by atoms with E-state index in [1.807, 2.05) is 0 Å². The largest absolute Gasteiger partial charge is 0.481 e. The van der Waals surface area contributed by atoms with Crippen LogP contribution in [0.15, 0.2) is 12.1 Å². The van der Waals surface area contributed by atoms with E-state index in [0.717, 1.165) is 7.11 Å². The number of rotatable bonds is 5. The van der Waals surface area contributed by atoms with Crippen LogP contribution in [0.4, 0.5) is 4.79 Å². The maximum Gasteiger partial charge on any atom is 0.408 e. The van der Waals surface area contributed by atoms with Gasteiger partial charge in [0, 0.05) is 1.37 Å². The molecule has 0 saturated heterocycles. The molecule has 0 aromatic carbocycles. The zero-order valence-corrected chi connectivity index (χ0v) is 13.8. The van der Waals surface area contributed by atoms with Gasteiger partial charge >= 0.3 is 18.0 Å². The first-order chi connectivity index (χ1) is 11.4. The summed E-state index contributed by atoms with van der Waals surface area (Å²) in [5.74, 6) is -6.01. The minimum absolute atomic E-state index is 0.0861. The Balaban J connectivity index is 3.22. The lowest BCUT2D eigenvalue weighted by Crippen LogP contribution is -2.52. The van der Waals surface area contributed by atoms with Gasteiger partial charge in [0.1, 0.15) is 11.6 Å². The molecule has 0 aromatic rings. The number of alkyl carbamates (subject to hydrolysis) is 1. The highest BCUT2D eigenvalue weighted by Crippen LogP contribution is 2.28. The molecule has 130 valence electrons. The summed E-state index contributed by atoms with van der Waals surface area (Å²) in [7, 11) is 1.06. The van der Waals surface area contributed by atoms with Crippen LogP contribution in [0, 0.1) is 11.8 Å². The van der Waals surface area contributed by atoms with Crippen LogP contribution in [-0.4, -0.2) is 41.9 Å². The highest BCUT2D eigenvalue weighted by molar-refractivity contribution is 5.87. The number of carbonyl (C=O) groups excluding carboxylic acids is 2. The average Bonchev–Trinajstić information content (AvgIpc) is 2.46. The van der Waals surface area contributed by atoms with Gasteiger partial charge in [-0.25, -0.2) is 9.59 Å². The van der Waals surface area contributed by atoms with Crippen molar-refractivity contribution in [3.8, 4) is 0 Å². The molecule has 3 atom stereocenters. The van der Waals surface area contributed by atoms with E-state index in [4.69, 9.17) is 7.48 Å². The van der Waals surface area contributed by atoms with Gasteiger partial charge in [-0.05, 0) is 45.9 Å². The van der Waals surface area contributed by atoms with Crippen LogP contribution in [0.1, 0.15) is 42.8 Å². The fraction of sp³-hybridized carbons (Fsp3) is 0.688. The monoisotopic (exact) mass is 329 g/mol. The number of esters is 1. The molecule has 0 saturated carbocycles. The number of carboxylic acid groups (broad SMARTS) is 1. The van der Waals surface area contributed by atoms with Gasteiger partial charge in [0.05, 0.1) is 14.4 Å². The van der Waals surface area contributed by atoms with Crippen molar-refractivity contribution < 1.29 is 31.7 Å². The van der Waals surface area contributed by atoms with Crippen LogP contribution in [0.25, 0.3) is 0 Å². The van der Waals surface area contributed by atoms with Gasteiger partial charge in [-0.3, -0.25) is 4.79 Å². The quantitative estimate of drug-likeness (QED) is 0.591. The molecule has 7 heteroatoms. The maximum absolute atomic E-state index is 12.1. The van der Waals surface area contributed by atoms with E-state index >= 15 is 0 Å². The van der Waals surface area contributed by atoms with Gasteiger partial charge in [-0.1, -0.05) is 12.1 Å². The summed E-state index contributed by atoms with van der Waals surface area (Å²) in [6, 6.07) is -1.84. The second kappa shape index (κ2) is 7.99. The van der Waals surface area contributed by atoms with E-state index in [2.05, 4.69) is 10.1 Å². The Labute approximate surface area is 138 Å². The third-order valence-corrected chi connectivity index (χ3v) is 3.18. The molecule has 0 aliphatic heterocycles. The lowest BCUT2D eigenvalue weighted by atomic mass is 9.80. The van der Waals surface area contributed by atoms with Gasteiger partial charge in [-0.2, -0.15) is 0 Å². The molecule has 1 aliphatic rings. The number of hydrogen-bond acceptors (Lipinski definition) is 5. The normalized spacial score (nSPS) is 25.1. The molecule has 2 N–H and O–H groups in total. The molecule has 1 rings (SSSR count). The zero-order chi connectivity index (χ0) is 19.4. The first-order valence-electron chi connectivity index (χ1n) is 8.40. The number of ether oxygens (including phenoxy) is 2. The number of methoxy groups -OCH3 is 1. The number of allylic oxidation sites excluding steroid dienone is 2. The Kier molecular flexibility index (Phi) is 5.50. The number of hydrogen-bond donors (Lipinski definition) is 2. The Morgan fingerprint density at radius 3 is 2.57 bits per heavy atom. The van der Waals surface area contributed by atoms with E-state index in [1.54, 1.807) is 20.8 Å². The predicted molar refractivity (Wildman–Crippen MR) is 82.8 cm³/mol. The molecule has 0 spiro atoms. The molecule has 0 bridgehead atoms. The minimum atomic E-state index is -1.85. The van der Waals surface area contributed by atoms with Crippen LogP contribution in [0.2, 0.25) is 0 Å². The molecule has 0 heterocycles. The van der Waals surface area contributed by atoms with Crippen molar-refractivity contribution in [2.75, 3.05) is 7.11 Å². The van der Waals surface area contributed by atoms with Crippen LogP contribution in [-0.2, 0) is 19.1 Å². The van der Waals surface area contributed by atoms with Gasteiger partial charge in [0.15, 0.2) is 0 Å². The molecule has 7 nitrogen and oxygen atoms in total. The molecule has 0 radical (unpaired) electrons. The fourth-order valence-corrected chi connectivity index (χ4v) is 2.25. The molecule has 1 amide bonds. The van der Waals surface area contributed by atoms with E-state index in [9.17, 15) is 19.5 Å². The van der Waals surface area contributed by atoms with Gasteiger partial charge in [0.2, 0.25) is 0 Å². The summed E-state index contributed by atoms with van der Waals surface area (Å²) in [6.45, 7) is 4.85. The molecule has 1 aliphatic carbocycles. The predicted octanol–water partition coefficient (Wildman–Crippen LogP) is 2.11. The van der Waals surface area contributed by atoms with E-state index < -0.39 is 41.5 Å². The zero-order valence-electron chi connectivity index (χ0n) is 15.8. The topological polar surface area (TPSA) is 102 Å². The highest BCUT2D eigenvalue weighted by Gasteiger charge is 2.41. The second-order valence-corrected chi connectivity index (χ2v) is 6.23. The number of carbonyl (C=O) groups is 3. The minimum Gasteiger partial charge on any atom is -0.481 e. The van der Waals surface area contributed by atoms with Crippen LogP contribution < -0.4 is 5.32 Å². The SMILES string of the molecule is [2H]C1=CCCC[C@]1([2H])[C@H](C(=O)O)[C@H](NC(=O)OC(C)(C)C)C(=O)OC. The van der Waals surface area contributed by atoms with Crippen molar-refractivity contribution in [3.63, 3.8) is 0 Å². The molecular formula is C16H25NO6. The second-order valence-electron chi connectivity index (χ2n) is 6.23. The first-order valence-corrected chi connectivity index (χ1v) is 7.40. The molecular weight excluding hydrogens is 302 g/mol. The number of amides is 1. The lowest BCUT2D eigenvalue weighted by molar-refractivity contribution is -0.154. The van der Waals surface area contributed by atoms with Crippen molar-refractivity contribution in [1.29, 1.82) is 0 Å². The fourth-order valence-electron chi connectivity index (χ4n) is 2.25. The van der Waals surface area contributed by atoms with Gasteiger partial charge < -0.3 is 19.9 Å². The van der Waals surface area contributed by atoms with Crippen molar-refractivity contribution in [1.82, 2.24) is 5.32 Å². The lowest BCUT2D eigenvalue weighted by Gasteiger charge is -2.30.